The summed E-state index contributed by atoms with van der Waals surface area (Å²) < 4.78 is 12.5. The Hall–Kier alpha value is -2.50. The quantitative estimate of drug-likeness (QED) is 0.849. The first kappa shape index (κ1) is 16.4. The van der Waals surface area contributed by atoms with Crippen molar-refractivity contribution in [1.29, 1.82) is 0 Å². The van der Waals surface area contributed by atoms with Crippen molar-refractivity contribution in [2.24, 2.45) is 0 Å². The summed E-state index contributed by atoms with van der Waals surface area (Å²) >= 11 is 0. The molecule has 0 saturated heterocycles. The smallest absolute Gasteiger partial charge is 0.410 e. The molecule has 1 aromatic heterocycles. The molecule has 1 aliphatic rings. The van der Waals surface area contributed by atoms with Gasteiger partial charge in [0, 0.05) is 24.7 Å². The van der Waals surface area contributed by atoms with Crippen LogP contribution < -0.4 is 4.74 Å². The first-order valence-electron chi connectivity index (χ1n) is 8.05. The third-order valence-corrected chi connectivity index (χ3v) is 3.85. The fraction of sp³-hybridized carbons (Fsp3) is 0.444. The number of benzene rings is 1. The van der Waals surface area contributed by atoms with E-state index in [1.54, 1.807) is 12.0 Å². The minimum absolute atomic E-state index is 0.273. The third kappa shape index (κ3) is 3.53. The van der Waals surface area contributed by atoms with Crippen molar-refractivity contribution in [3.05, 3.63) is 41.7 Å². The molecule has 24 heavy (non-hydrogen) atoms. The molecule has 0 radical (unpaired) electrons. The highest BCUT2D eigenvalue weighted by molar-refractivity contribution is 5.68. The van der Waals surface area contributed by atoms with Gasteiger partial charge in [0.25, 0.3) is 0 Å². The van der Waals surface area contributed by atoms with E-state index in [0.717, 1.165) is 29.1 Å². The maximum atomic E-state index is 12.2. The number of amides is 1. The largest absolute Gasteiger partial charge is 0.497 e. The number of hydrogen-bond donors (Lipinski definition) is 0. The fourth-order valence-corrected chi connectivity index (χ4v) is 2.66. The highest BCUT2D eigenvalue weighted by atomic mass is 16.6. The fourth-order valence-electron chi connectivity index (χ4n) is 2.66. The second kappa shape index (κ2) is 6.19. The van der Waals surface area contributed by atoms with Crippen LogP contribution in [0.3, 0.4) is 0 Å². The SMILES string of the molecule is COc1ccc(-n2cc3c(n2)CCN(C(=O)OC(C)(C)C)C3)cc1. The molecule has 0 fully saturated rings. The number of carbonyl (C=O) groups is 1. The Morgan fingerprint density at radius 1 is 1.21 bits per heavy atom. The Morgan fingerprint density at radius 2 is 1.92 bits per heavy atom. The first-order chi connectivity index (χ1) is 11.4. The Labute approximate surface area is 142 Å². The maximum absolute atomic E-state index is 12.2. The van der Waals surface area contributed by atoms with Gasteiger partial charge in [-0.15, -0.1) is 0 Å². The number of rotatable bonds is 2. The average molecular weight is 329 g/mol. The van der Waals surface area contributed by atoms with E-state index in [1.807, 2.05) is 55.9 Å². The van der Waals surface area contributed by atoms with E-state index in [1.165, 1.54) is 0 Å². The lowest BCUT2D eigenvalue weighted by Crippen LogP contribution is -2.39. The molecule has 1 aromatic carbocycles. The molecule has 0 unspecified atom stereocenters. The van der Waals surface area contributed by atoms with Crippen LogP contribution in [-0.4, -0.2) is 40.0 Å². The van der Waals surface area contributed by atoms with E-state index >= 15 is 0 Å². The minimum atomic E-state index is -0.482. The summed E-state index contributed by atoms with van der Waals surface area (Å²) in [5, 5.41) is 4.64. The van der Waals surface area contributed by atoms with Crippen molar-refractivity contribution in [3.63, 3.8) is 0 Å². The van der Waals surface area contributed by atoms with E-state index < -0.39 is 5.60 Å². The maximum Gasteiger partial charge on any atom is 0.410 e. The predicted molar refractivity (Wildman–Crippen MR) is 90.5 cm³/mol. The minimum Gasteiger partial charge on any atom is -0.497 e. The second-order valence-electron chi connectivity index (χ2n) is 6.90. The summed E-state index contributed by atoms with van der Waals surface area (Å²) in [5.41, 5.74) is 2.58. The Morgan fingerprint density at radius 3 is 2.54 bits per heavy atom. The molecular weight excluding hydrogens is 306 g/mol. The van der Waals surface area contributed by atoms with Crippen molar-refractivity contribution >= 4 is 6.09 Å². The molecule has 0 atom stereocenters. The zero-order valence-corrected chi connectivity index (χ0v) is 14.6. The summed E-state index contributed by atoms with van der Waals surface area (Å²) in [6, 6.07) is 7.73. The highest BCUT2D eigenvalue weighted by Gasteiger charge is 2.27. The molecule has 0 aliphatic carbocycles. The van der Waals surface area contributed by atoms with Gasteiger partial charge in [0.05, 0.1) is 25.0 Å². The van der Waals surface area contributed by atoms with Gasteiger partial charge in [0.15, 0.2) is 0 Å². The third-order valence-electron chi connectivity index (χ3n) is 3.85. The molecule has 3 rings (SSSR count). The van der Waals surface area contributed by atoms with Crippen LogP contribution in [-0.2, 0) is 17.7 Å². The van der Waals surface area contributed by atoms with Gasteiger partial charge in [-0.25, -0.2) is 9.48 Å². The van der Waals surface area contributed by atoms with Crippen molar-refractivity contribution in [3.8, 4) is 11.4 Å². The number of ether oxygens (including phenoxy) is 2. The van der Waals surface area contributed by atoms with Crippen LogP contribution in [0.15, 0.2) is 30.5 Å². The molecule has 0 bridgehead atoms. The van der Waals surface area contributed by atoms with Crippen LogP contribution in [0.2, 0.25) is 0 Å². The lowest BCUT2D eigenvalue weighted by molar-refractivity contribution is 0.0223. The molecule has 6 nitrogen and oxygen atoms in total. The zero-order valence-electron chi connectivity index (χ0n) is 14.6. The molecule has 0 N–H and O–H groups in total. The van der Waals surface area contributed by atoms with E-state index in [-0.39, 0.29) is 6.09 Å². The summed E-state index contributed by atoms with van der Waals surface area (Å²) in [6.07, 6.45) is 2.44. The molecule has 0 saturated carbocycles. The topological polar surface area (TPSA) is 56.6 Å². The van der Waals surface area contributed by atoms with Crippen LogP contribution >= 0.6 is 0 Å². The standard InChI is InChI=1S/C18H23N3O3/c1-18(2,3)24-17(22)20-10-9-16-13(11-20)12-21(19-16)14-5-7-15(23-4)8-6-14/h5-8,12H,9-11H2,1-4H3. The number of methoxy groups -OCH3 is 1. The zero-order chi connectivity index (χ0) is 17.3. The highest BCUT2D eigenvalue weighted by Crippen LogP contribution is 2.22. The average Bonchev–Trinajstić information content (AvgIpc) is 2.96. The van der Waals surface area contributed by atoms with Crippen molar-refractivity contribution in [2.75, 3.05) is 13.7 Å². The van der Waals surface area contributed by atoms with Gasteiger partial charge in [-0.1, -0.05) is 0 Å². The molecule has 0 spiro atoms. The number of nitrogens with zero attached hydrogens (tertiary/aromatic N) is 3. The summed E-state index contributed by atoms with van der Waals surface area (Å²) in [7, 11) is 1.65. The van der Waals surface area contributed by atoms with E-state index in [2.05, 4.69) is 5.10 Å². The summed E-state index contributed by atoms with van der Waals surface area (Å²) in [5.74, 6) is 0.812. The summed E-state index contributed by atoms with van der Waals surface area (Å²) in [6.45, 7) is 6.79. The van der Waals surface area contributed by atoms with Gasteiger partial charge in [0.1, 0.15) is 11.4 Å². The number of aromatic nitrogens is 2. The van der Waals surface area contributed by atoms with E-state index in [4.69, 9.17) is 9.47 Å². The normalized spacial score (nSPS) is 14.2. The van der Waals surface area contributed by atoms with Crippen LogP contribution in [0, 0.1) is 0 Å². The van der Waals surface area contributed by atoms with Crippen LogP contribution in [0.5, 0.6) is 5.75 Å². The Bertz CT molecular complexity index is 729. The lowest BCUT2D eigenvalue weighted by atomic mass is 10.1. The molecule has 1 aliphatic heterocycles. The lowest BCUT2D eigenvalue weighted by Gasteiger charge is -2.29. The van der Waals surface area contributed by atoms with Gasteiger partial charge in [-0.2, -0.15) is 5.10 Å². The monoisotopic (exact) mass is 329 g/mol. The predicted octanol–water partition coefficient (Wildman–Crippen LogP) is 3.17. The van der Waals surface area contributed by atoms with Crippen molar-refractivity contribution in [1.82, 2.24) is 14.7 Å². The van der Waals surface area contributed by atoms with E-state index in [0.29, 0.717) is 13.1 Å². The molecule has 2 heterocycles. The molecule has 128 valence electrons. The van der Waals surface area contributed by atoms with Gasteiger partial charge in [-0.3, -0.25) is 0 Å². The van der Waals surface area contributed by atoms with E-state index in [9.17, 15) is 4.79 Å². The molecule has 6 heteroatoms. The van der Waals surface area contributed by atoms with Crippen LogP contribution in [0.1, 0.15) is 32.0 Å². The van der Waals surface area contributed by atoms with Crippen molar-refractivity contribution < 1.29 is 14.3 Å². The van der Waals surface area contributed by atoms with Gasteiger partial charge in [-0.05, 0) is 45.0 Å². The van der Waals surface area contributed by atoms with Gasteiger partial charge < -0.3 is 14.4 Å². The molecule has 2 aromatic rings. The molecule has 1 amide bonds. The van der Waals surface area contributed by atoms with Crippen LogP contribution in [0.4, 0.5) is 4.79 Å². The Kier molecular flexibility index (Phi) is 4.22. The molecular formula is C18H23N3O3. The van der Waals surface area contributed by atoms with Crippen LogP contribution in [0.25, 0.3) is 5.69 Å². The first-order valence-corrected chi connectivity index (χ1v) is 8.05. The number of hydrogen-bond acceptors (Lipinski definition) is 4. The second-order valence-corrected chi connectivity index (χ2v) is 6.90. The van der Waals surface area contributed by atoms with Crippen molar-refractivity contribution in [2.45, 2.75) is 39.3 Å². The number of fused-ring (bicyclic) bond motifs is 1. The summed E-state index contributed by atoms with van der Waals surface area (Å²) in [4.78, 5) is 14.0. The Balaban J connectivity index is 1.75. The van der Waals surface area contributed by atoms with Gasteiger partial charge >= 0.3 is 6.09 Å². The number of carbonyl (C=O) groups excluding carboxylic acids is 1. The van der Waals surface area contributed by atoms with Gasteiger partial charge in [0.2, 0.25) is 0 Å².